The van der Waals surface area contributed by atoms with Gasteiger partial charge in [-0.05, 0) is 31.4 Å². The average molecular weight is 286 g/mol. The van der Waals surface area contributed by atoms with Gasteiger partial charge in [0.15, 0.2) is 0 Å². The molecule has 2 heterocycles. The van der Waals surface area contributed by atoms with E-state index in [1.807, 2.05) is 0 Å². The average Bonchev–Trinajstić information content (AvgIpc) is 2.93. The van der Waals surface area contributed by atoms with Crippen LogP contribution in [0.4, 0.5) is 0 Å². The van der Waals surface area contributed by atoms with Crippen molar-refractivity contribution in [1.82, 2.24) is 20.3 Å². The quantitative estimate of drug-likeness (QED) is 0.785. The molecule has 0 aromatic carbocycles. The molecule has 1 fully saturated rings. The van der Waals surface area contributed by atoms with Crippen LogP contribution in [0.2, 0.25) is 0 Å². The largest absolute Gasteiger partial charge is 0.477 e. The molecule has 1 saturated carbocycles. The minimum absolute atomic E-state index is 0.0203. The van der Waals surface area contributed by atoms with E-state index in [-0.39, 0.29) is 11.6 Å². The lowest BCUT2D eigenvalue weighted by molar-refractivity contribution is 0.0690. The Bertz CT molecular complexity index is 677. The van der Waals surface area contributed by atoms with Crippen molar-refractivity contribution >= 4 is 11.9 Å². The number of imidazole rings is 1. The number of aromatic nitrogens is 3. The fourth-order valence-electron chi connectivity index (χ4n) is 2.41. The summed E-state index contributed by atoms with van der Waals surface area (Å²) in [5, 5.41) is 11.9. The standard InChI is InChI=1S/C14H14N4O3/c19-11(9-3-1-6-15-7-9)18-14(4-2-5-14)13-16-8-10(17-13)12(20)21/h1,3,6-8H,2,4-5H2,(H,16,17)(H,18,19)(H,20,21). The lowest BCUT2D eigenvalue weighted by Gasteiger charge is -2.40. The van der Waals surface area contributed by atoms with Crippen LogP contribution in [0.15, 0.2) is 30.7 Å². The summed E-state index contributed by atoms with van der Waals surface area (Å²) in [6.45, 7) is 0. The zero-order valence-electron chi connectivity index (χ0n) is 11.2. The smallest absolute Gasteiger partial charge is 0.353 e. The topological polar surface area (TPSA) is 108 Å². The van der Waals surface area contributed by atoms with Crippen molar-refractivity contribution in [2.75, 3.05) is 0 Å². The van der Waals surface area contributed by atoms with Crippen molar-refractivity contribution in [3.63, 3.8) is 0 Å². The first-order chi connectivity index (χ1) is 10.1. The first-order valence-corrected chi connectivity index (χ1v) is 6.62. The molecule has 1 aliphatic carbocycles. The molecule has 21 heavy (non-hydrogen) atoms. The number of nitrogens with one attached hydrogen (secondary N) is 2. The van der Waals surface area contributed by atoms with Crippen LogP contribution >= 0.6 is 0 Å². The van der Waals surface area contributed by atoms with Gasteiger partial charge in [-0.1, -0.05) is 0 Å². The Balaban J connectivity index is 1.83. The van der Waals surface area contributed by atoms with E-state index in [9.17, 15) is 9.59 Å². The fourth-order valence-corrected chi connectivity index (χ4v) is 2.41. The molecule has 3 rings (SSSR count). The number of H-pyrrole nitrogens is 1. The summed E-state index contributed by atoms with van der Waals surface area (Å²) in [6.07, 6.45) is 6.77. The van der Waals surface area contributed by atoms with E-state index < -0.39 is 11.5 Å². The number of aromatic carboxylic acids is 1. The van der Waals surface area contributed by atoms with E-state index in [1.54, 1.807) is 18.3 Å². The zero-order valence-corrected chi connectivity index (χ0v) is 11.2. The molecule has 0 aliphatic heterocycles. The van der Waals surface area contributed by atoms with Crippen LogP contribution in [-0.2, 0) is 5.54 Å². The van der Waals surface area contributed by atoms with Gasteiger partial charge in [0.25, 0.3) is 5.91 Å². The minimum atomic E-state index is -1.07. The normalized spacial score (nSPS) is 16.0. The maximum atomic E-state index is 12.3. The molecule has 2 aromatic rings. The van der Waals surface area contributed by atoms with Gasteiger partial charge in [-0.15, -0.1) is 0 Å². The highest BCUT2D eigenvalue weighted by molar-refractivity contribution is 5.94. The van der Waals surface area contributed by atoms with Gasteiger partial charge < -0.3 is 15.4 Å². The van der Waals surface area contributed by atoms with Crippen molar-refractivity contribution < 1.29 is 14.7 Å². The summed E-state index contributed by atoms with van der Waals surface area (Å²) < 4.78 is 0. The lowest BCUT2D eigenvalue weighted by atomic mass is 9.76. The summed E-state index contributed by atoms with van der Waals surface area (Å²) in [4.78, 5) is 34.0. The van der Waals surface area contributed by atoms with Crippen LogP contribution in [-0.4, -0.2) is 31.9 Å². The Labute approximate surface area is 120 Å². The molecule has 0 atom stereocenters. The number of carboxylic acids is 1. The molecule has 108 valence electrons. The van der Waals surface area contributed by atoms with Crippen molar-refractivity contribution in [3.05, 3.63) is 47.8 Å². The first kappa shape index (κ1) is 13.3. The summed E-state index contributed by atoms with van der Waals surface area (Å²) in [7, 11) is 0. The van der Waals surface area contributed by atoms with E-state index in [4.69, 9.17) is 5.11 Å². The molecule has 0 saturated heterocycles. The predicted octanol–water partition coefficient (Wildman–Crippen LogP) is 1.31. The molecule has 1 aliphatic rings. The highest BCUT2D eigenvalue weighted by atomic mass is 16.4. The molecule has 1 amide bonds. The third-order valence-electron chi connectivity index (χ3n) is 3.74. The van der Waals surface area contributed by atoms with E-state index in [2.05, 4.69) is 20.3 Å². The minimum Gasteiger partial charge on any atom is -0.477 e. The third kappa shape index (κ3) is 2.37. The highest BCUT2D eigenvalue weighted by Gasteiger charge is 2.43. The summed E-state index contributed by atoms with van der Waals surface area (Å²) >= 11 is 0. The van der Waals surface area contributed by atoms with Crippen LogP contribution < -0.4 is 5.32 Å². The van der Waals surface area contributed by atoms with Crippen LogP contribution in [0.25, 0.3) is 0 Å². The van der Waals surface area contributed by atoms with Crippen LogP contribution in [0, 0.1) is 0 Å². The van der Waals surface area contributed by atoms with Crippen molar-refractivity contribution in [2.24, 2.45) is 0 Å². The monoisotopic (exact) mass is 286 g/mol. The van der Waals surface area contributed by atoms with Gasteiger partial charge in [-0.25, -0.2) is 9.78 Å². The third-order valence-corrected chi connectivity index (χ3v) is 3.74. The molecule has 0 radical (unpaired) electrons. The number of hydrogen-bond donors (Lipinski definition) is 3. The summed E-state index contributed by atoms with van der Waals surface area (Å²) in [5.74, 6) is -0.818. The van der Waals surface area contributed by atoms with Gasteiger partial charge >= 0.3 is 5.97 Å². The second-order valence-corrected chi connectivity index (χ2v) is 5.08. The van der Waals surface area contributed by atoms with Crippen LogP contribution in [0.1, 0.15) is 45.9 Å². The van der Waals surface area contributed by atoms with Gasteiger partial charge in [0.05, 0.1) is 17.3 Å². The number of hydrogen-bond acceptors (Lipinski definition) is 4. The number of nitrogens with zero attached hydrogens (tertiary/aromatic N) is 2. The van der Waals surface area contributed by atoms with Gasteiger partial charge in [-0.3, -0.25) is 9.78 Å². The number of pyridine rings is 1. The molecule has 7 nitrogen and oxygen atoms in total. The second-order valence-electron chi connectivity index (χ2n) is 5.08. The number of rotatable bonds is 4. The Morgan fingerprint density at radius 1 is 1.33 bits per heavy atom. The predicted molar refractivity (Wildman–Crippen MR) is 72.8 cm³/mol. The number of aromatic amines is 1. The molecule has 0 unspecified atom stereocenters. The van der Waals surface area contributed by atoms with Crippen molar-refractivity contribution in [3.8, 4) is 0 Å². The number of amides is 1. The summed E-state index contributed by atoms with van der Waals surface area (Å²) in [5.41, 5.74) is -0.124. The van der Waals surface area contributed by atoms with Gasteiger partial charge in [0.1, 0.15) is 11.5 Å². The van der Waals surface area contributed by atoms with Gasteiger partial charge in [-0.2, -0.15) is 0 Å². The molecule has 0 spiro atoms. The van der Waals surface area contributed by atoms with Crippen LogP contribution in [0.3, 0.4) is 0 Å². The number of carbonyl (C=O) groups is 2. The lowest BCUT2D eigenvalue weighted by Crippen LogP contribution is -2.51. The Morgan fingerprint density at radius 2 is 2.14 bits per heavy atom. The zero-order chi connectivity index (χ0) is 14.9. The molecular formula is C14H14N4O3. The molecule has 3 N–H and O–H groups in total. The Kier molecular flexibility index (Phi) is 3.17. The molecule has 0 bridgehead atoms. The maximum absolute atomic E-state index is 12.3. The van der Waals surface area contributed by atoms with E-state index in [1.165, 1.54) is 12.4 Å². The molecule has 2 aromatic heterocycles. The number of carbonyl (C=O) groups excluding carboxylic acids is 1. The van der Waals surface area contributed by atoms with Gasteiger partial charge in [0, 0.05) is 12.4 Å². The van der Waals surface area contributed by atoms with E-state index in [0.717, 1.165) is 19.3 Å². The first-order valence-electron chi connectivity index (χ1n) is 6.62. The van der Waals surface area contributed by atoms with E-state index >= 15 is 0 Å². The fraction of sp³-hybridized carbons (Fsp3) is 0.286. The van der Waals surface area contributed by atoms with Crippen LogP contribution in [0.5, 0.6) is 0 Å². The van der Waals surface area contributed by atoms with Crippen molar-refractivity contribution in [1.29, 1.82) is 0 Å². The maximum Gasteiger partial charge on any atom is 0.353 e. The Hall–Kier alpha value is -2.70. The number of carboxylic acid groups (broad SMARTS) is 1. The highest BCUT2D eigenvalue weighted by Crippen LogP contribution is 2.40. The van der Waals surface area contributed by atoms with Crippen molar-refractivity contribution in [2.45, 2.75) is 24.8 Å². The Morgan fingerprint density at radius 3 is 2.67 bits per heavy atom. The summed E-state index contributed by atoms with van der Waals surface area (Å²) in [6, 6.07) is 3.37. The van der Waals surface area contributed by atoms with Gasteiger partial charge in [0.2, 0.25) is 0 Å². The molecular weight excluding hydrogens is 272 g/mol. The second kappa shape index (κ2) is 5.01. The SMILES string of the molecule is O=C(NC1(c2ncc(C(=O)O)[nH]2)CCC1)c1cccnc1. The molecule has 7 heteroatoms. The van der Waals surface area contributed by atoms with E-state index in [0.29, 0.717) is 11.4 Å².